The van der Waals surface area contributed by atoms with Crippen LogP contribution in [0.15, 0.2) is 213 Å². The third kappa shape index (κ3) is 5.36. The summed E-state index contributed by atoms with van der Waals surface area (Å²) in [5.74, 6) is 1.35. The molecule has 13 rings (SSSR count). The fourth-order valence-electron chi connectivity index (χ4n) is 9.36. The van der Waals surface area contributed by atoms with Crippen LogP contribution in [0.5, 0.6) is 0 Å². The monoisotopic (exact) mass is 782 g/mol. The number of nitrogens with zero attached hydrogens (tertiary/aromatic N) is 3. The van der Waals surface area contributed by atoms with Gasteiger partial charge in [0.2, 0.25) is 0 Å². The van der Waals surface area contributed by atoms with Gasteiger partial charge in [0.1, 0.15) is 34.3 Å². The molecule has 1 atom stereocenters. The van der Waals surface area contributed by atoms with Crippen molar-refractivity contribution >= 4 is 88.1 Å². The number of aromatic nitrogens is 1. The molecule has 0 fully saturated rings. The summed E-state index contributed by atoms with van der Waals surface area (Å²) in [5, 5.41) is 12.6. The molecule has 0 saturated carbocycles. The molecule has 61 heavy (non-hydrogen) atoms. The standard InChI is InChI=1S/C55H34N4O2/c1-2-13-33(14-3-1)34-17-12-18-37(27-34)53-56-54(38-25-26-50-44(29-38)41-20-7-10-23-48(41)60-50)58-55(57-53)45-31-39(32-51-52(45)42-21-8-11-24-49(42)61-51)59-46-22-9-6-19-40(46)43-28-35-15-4-5-16-36(35)30-47(43)59/h1-32,54H,(H,56,57,58). The molecule has 0 spiro atoms. The van der Waals surface area contributed by atoms with Crippen LogP contribution in [0, 0.1) is 0 Å². The first kappa shape index (κ1) is 33.7. The fourth-order valence-corrected chi connectivity index (χ4v) is 9.36. The van der Waals surface area contributed by atoms with Gasteiger partial charge in [-0.05, 0) is 82.1 Å². The number of aliphatic imine (C=N–C) groups is 2. The number of nitrogens with one attached hydrogen (secondary N) is 1. The minimum absolute atomic E-state index is 0.461. The summed E-state index contributed by atoms with van der Waals surface area (Å²) >= 11 is 0. The molecular weight excluding hydrogens is 749 g/mol. The van der Waals surface area contributed by atoms with E-state index in [0.29, 0.717) is 5.84 Å². The molecule has 6 nitrogen and oxygen atoms in total. The van der Waals surface area contributed by atoms with Gasteiger partial charge >= 0.3 is 0 Å². The second kappa shape index (κ2) is 13.1. The van der Waals surface area contributed by atoms with E-state index in [0.717, 1.165) is 94.3 Å². The van der Waals surface area contributed by atoms with Gasteiger partial charge in [0.25, 0.3) is 0 Å². The van der Waals surface area contributed by atoms with Crippen molar-refractivity contribution in [2.45, 2.75) is 6.17 Å². The maximum absolute atomic E-state index is 6.74. The summed E-state index contributed by atoms with van der Waals surface area (Å²) < 4.78 is 15.4. The topological polar surface area (TPSA) is 68.0 Å². The lowest BCUT2D eigenvalue weighted by Crippen LogP contribution is -2.33. The molecule has 1 unspecified atom stereocenters. The maximum atomic E-state index is 6.74. The first-order valence-corrected chi connectivity index (χ1v) is 20.6. The summed E-state index contributed by atoms with van der Waals surface area (Å²) in [6.07, 6.45) is -0.461. The number of fused-ring (bicyclic) bond motifs is 10. The number of hydrogen-bond donors (Lipinski definition) is 1. The largest absolute Gasteiger partial charge is 0.456 e. The van der Waals surface area contributed by atoms with Crippen molar-refractivity contribution in [3.05, 3.63) is 211 Å². The molecule has 3 aromatic heterocycles. The summed E-state index contributed by atoms with van der Waals surface area (Å²) in [7, 11) is 0. The number of benzene rings is 9. The zero-order valence-corrected chi connectivity index (χ0v) is 32.7. The molecule has 286 valence electrons. The van der Waals surface area contributed by atoms with E-state index in [9.17, 15) is 0 Å². The van der Waals surface area contributed by atoms with Gasteiger partial charge in [-0.3, -0.25) is 0 Å². The van der Waals surface area contributed by atoms with Gasteiger partial charge in [-0.2, -0.15) is 0 Å². The Hall–Kier alpha value is -8.22. The average Bonchev–Trinajstić information content (AvgIpc) is 3.99. The Morgan fingerprint density at radius 2 is 1.11 bits per heavy atom. The normalized spacial score (nSPS) is 14.4. The summed E-state index contributed by atoms with van der Waals surface area (Å²) in [5.41, 5.74) is 11.6. The van der Waals surface area contributed by atoms with E-state index in [1.165, 1.54) is 21.5 Å². The number of amidine groups is 2. The number of rotatable bonds is 5. The van der Waals surface area contributed by atoms with Crippen LogP contribution >= 0.6 is 0 Å². The van der Waals surface area contributed by atoms with Crippen molar-refractivity contribution in [1.29, 1.82) is 0 Å². The van der Waals surface area contributed by atoms with Crippen molar-refractivity contribution < 1.29 is 8.83 Å². The zero-order valence-electron chi connectivity index (χ0n) is 32.7. The van der Waals surface area contributed by atoms with E-state index in [1.807, 2.05) is 30.3 Å². The van der Waals surface area contributed by atoms with Crippen molar-refractivity contribution in [3.8, 4) is 16.8 Å². The smallest absolute Gasteiger partial charge is 0.160 e. The SMILES string of the molecule is c1ccc(-c2cccc(C3=NC(c4cc(-n5c6ccccc6c6cc7ccccc7cc65)cc5oc6ccccc6c45)=NC(c4ccc5oc6ccccc6c5c4)N3)c2)cc1. The Bertz CT molecular complexity index is 3810. The Balaban J connectivity index is 1.08. The average molecular weight is 783 g/mol. The first-order chi connectivity index (χ1) is 30.2. The number of hydrogen-bond acceptors (Lipinski definition) is 5. The molecule has 0 bridgehead atoms. The van der Waals surface area contributed by atoms with Gasteiger partial charge in [-0.1, -0.05) is 133 Å². The highest BCUT2D eigenvalue weighted by Gasteiger charge is 2.26. The Morgan fingerprint density at radius 1 is 0.443 bits per heavy atom. The predicted molar refractivity (Wildman–Crippen MR) is 250 cm³/mol. The molecule has 0 amide bonds. The molecule has 0 saturated heterocycles. The quantitative estimate of drug-likeness (QED) is 0.189. The van der Waals surface area contributed by atoms with Crippen molar-refractivity contribution in [1.82, 2.24) is 9.88 Å². The van der Waals surface area contributed by atoms with Crippen molar-refractivity contribution in [2.75, 3.05) is 0 Å². The Kier molecular flexibility index (Phi) is 7.27. The highest BCUT2D eigenvalue weighted by atomic mass is 16.3. The summed E-state index contributed by atoms with van der Waals surface area (Å²) in [6, 6.07) is 68.1. The summed E-state index contributed by atoms with van der Waals surface area (Å²) in [6.45, 7) is 0. The van der Waals surface area contributed by atoms with Gasteiger partial charge in [-0.25, -0.2) is 9.98 Å². The lowest BCUT2D eigenvalue weighted by atomic mass is 10.0. The zero-order chi connectivity index (χ0) is 40.0. The highest BCUT2D eigenvalue weighted by molar-refractivity contribution is 6.23. The molecule has 9 aromatic carbocycles. The number of para-hydroxylation sites is 3. The van der Waals surface area contributed by atoms with Crippen LogP contribution in [0.4, 0.5) is 0 Å². The Morgan fingerprint density at radius 3 is 1.98 bits per heavy atom. The van der Waals surface area contributed by atoms with E-state index in [2.05, 4.69) is 174 Å². The highest BCUT2D eigenvalue weighted by Crippen LogP contribution is 2.40. The van der Waals surface area contributed by atoms with E-state index in [-0.39, 0.29) is 0 Å². The van der Waals surface area contributed by atoms with E-state index in [4.69, 9.17) is 18.8 Å². The van der Waals surface area contributed by atoms with E-state index < -0.39 is 6.17 Å². The maximum Gasteiger partial charge on any atom is 0.160 e. The van der Waals surface area contributed by atoms with Gasteiger partial charge in [0, 0.05) is 49.5 Å². The number of furan rings is 2. The molecule has 6 heteroatoms. The molecule has 12 aromatic rings. The van der Waals surface area contributed by atoms with Crippen LogP contribution in [0.1, 0.15) is 22.9 Å². The predicted octanol–water partition coefficient (Wildman–Crippen LogP) is 13.9. The molecule has 1 N–H and O–H groups in total. The molecule has 0 aliphatic carbocycles. The third-order valence-electron chi connectivity index (χ3n) is 12.2. The van der Waals surface area contributed by atoms with Crippen molar-refractivity contribution in [3.63, 3.8) is 0 Å². The lowest BCUT2D eigenvalue weighted by Gasteiger charge is -2.24. The van der Waals surface area contributed by atoms with E-state index >= 15 is 0 Å². The van der Waals surface area contributed by atoms with Crippen LogP contribution < -0.4 is 5.32 Å². The minimum atomic E-state index is -0.461. The van der Waals surface area contributed by atoms with Crippen LogP contribution in [0.3, 0.4) is 0 Å². The van der Waals surface area contributed by atoms with Gasteiger partial charge in [-0.15, -0.1) is 0 Å². The second-order valence-electron chi connectivity index (χ2n) is 15.8. The minimum Gasteiger partial charge on any atom is -0.456 e. The molecule has 4 heterocycles. The second-order valence-corrected chi connectivity index (χ2v) is 15.8. The van der Waals surface area contributed by atoms with Gasteiger partial charge in [0.05, 0.1) is 16.7 Å². The first-order valence-electron chi connectivity index (χ1n) is 20.6. The van der Waals surface area contributed by atoms with Crippen LogP contribution in [0.2, 0.25) is 0 Å². The van der Waals surface area contributed by atoms with Crippen LogP contribution in [0.25, 0.3) is 93.3 Å². The molecule has 0 radical (unpaired) electrons. The molecular formula is C55H34N4O2. The lowest BCUT2D eigenvalue weighted by molar-refractivity contribution is 0.663. The molecule has 1 aliphatic rings. The van der Waals surface area contributed by atoms with Crippen LogP contribution in [-0.4, -0.2) is 16.2 Å². The van der Waals surface area contributed by atoms with E-state index in [1.54, 1.807) is 0 Å². The van der Waals surface area contributed by atoms with Gasteiger partial charge < -0.3 is 18.7 Å². The molecule has 1 aliphatic heterocycles. The van der Waals surface area contributed by atoms with Crippen LogP contribution in [-0.2, 0) is 0 Å². The Labute approximate surface area is 349 Å². The van der Waals surface area contributed by atoms with Gasteiger partial charge in [0.15, 0.2) is 5.84 Å². The third-order valence-corrected chi connectivity index (χ3v) is 12.2. The van der Waals surface area contributed by atoms with Crippen molar-refractivity contribution in [2.24, 2.45) is 9.98 Å². The fraction of sp³-hybridized carbons (Fsp3) is 0.0182. The summed E-state index contributed by atoms with van der Waals surface area (Å²) in [4.78, 5) is 11.0.